The Balaban J connectivity index is 1.29. The number of amides is 4. The first-order valence-corrected chi connectivity index (χ1v) is 21.9. The van der Waals surface area contributed by atoms with Gasteiger partial charge in [-0.05, 0) is 62.6 Å². The van der Waals surface area contributed by atoms with Crippen LogP contribution in [0.1, 0.15) is 75.7 Å². The number of hydrogen-bond acceptors (Lipinski definition) is 10. The number of nitrogens with one attached hydrogen (secondary N) is 4. The zero-order valence-corrected chi connectivity index (χ0v) is 36.3. The number of benzene rings is 2. The van der Waals surface area contributed by atoms with Crippen molar-refractivity contribution in [2.45, 2.75) is 109 Å². The number of aryl methyl sites for hydroxylation is 1. The second kappa shape index (κ2) is 21.7. The van der Waals surface area contributed by atoms with E-state index in [0.29, 0.717) is 31.6 Å². The summed E-state index contributed by atoms with van der Waals surface area (Å²) in [6.45, 7) is 14.6. The number of carbonyl (C=O) groups excluding carboxylic acids is 5. The number of rotatable bonds is 22. The lowest BCUT2D eigenvalue weighted by atomic mass is 9.93. The molecule has 320 valence electrons. The Morgan fingerprint density at radius 3 is 1.90 bits per heavy atom. The molecule has 5 rings (SSSR count). The normalized spacial score (nSPS) is 19.1. The Labute approximate surface area is 353 Å². The third-order valence-corrected chi connectivity index (χ3v) is 11.7. The van der Waals surface area contributed by atoms with Crippen LogP contribution in [0.2, 0.25) is 0 Å². The molecule has 5 atom stereocenters. The Morgan fingerprint density at radius 2 is 1.29 bits per heavy atom. The van der Waals surface area contributed by atoms with Crippen LogP contribution in [0.15, 0.2) is 66.0 Å². The number of ketones is 1. The first-order valence-electron chi connectivity index (χ1n) is 21.0. The van der Waals surface area contributed by atoms with E-state index in [4.69, 9.17) is 9.72 Å². The predicted molar refractivity (Wildman–Crippen MR) is 229 cm³/mol. The van der Waals surface area contributed by atoms with E-state index in [1.165, 1.54) is 11.3 Å². The summed E-state index contributed by atoms with van der Waals surface area (Å²) < 4.78 is 5.43. The third-order valence-electron chi connectivity index (χ3n) is 10.8. The van der Waals surface area contributed by atoms with Crippen molar-refractivity contribution in [2.24, 2.45) is 11.8 Å². The van der Waals surface area contributed by atoms with Crippen LogP contribution in [0, 0.1) is 11.8 Å². The van der Waals surface area contributed by atoms with E-state index < -0.39 is 47.5 Å². The molecular formula is C45H63N7O6S. The molecule has 2 aromatic carbocycles. The third kappa shape index (κ3) is 14.6. The van der Waals surface area contributed by atoms with E-state index in [1.807, 2.05) is 93.7 Å². The molecule has 4 amide bonds. The number of Topliss-reactive ketones (excluding diaryl/α,β-unsaturated/α-hetero) is 1. The van der Waals surface area contributed by atoms with Crippen molar-refractivity contribution in [3.05, 3.63) is 87.9 Å². The molecule has 2 saturated heterocycles. The minimum absolute atomic E-state index is 0.00171. The molecule has 0 spiro atoms. The smallest absolute Gasteiger partial charge is 0.243 e. The molecule has 0 radical (unpaired) electrons. The van der Waals surface area contributed by atoms with E-state index in [0.717, 1.165) is 48.9 Å². The second-order valence-corrected chi connectivity index (χ2v) is 18.1. The van der Waals surface area contributed by atoms with Gasteiger partial charge in [-0.15, -0.1) is 11.3 Å². The molecule has 0 bridgehead atoms. The van der Waals surface area contributed by atoms with Crippen molar-refractivity contribution < 1.29 is 28.7 Å². The van der Waals surface area contributed by atoms with Crippen molar-refractivity contribution in [1.29, 1.82) is 0 Å². The molecule has 0 saturated carbocycles. The molecule has 2 aliphatic rings. The Morgan fingerprint density at radius 1 is 0.746 bits per heavy atom. The van der Waals surface area contributed by atoms with Crippen molar-refractivity contribution in [3.8, 4) is 0 Å². The summed E-state index contributed by atoms with van der Waals surface area (Å²) in [5, 5.41) is 14.6. The zero-order valence-electron chi connectivity index (χ0n) is 35.5. The maximum atomic E-state index is 14.2. The van der Waals surface area contributed by atoms with Crippen LogP contribution in [-0.2, 0) is 54.5 Å². The van der Waals surface area contributed by atoms with Gasteiger partial charge in [-0.3, -0.25) is 28.9 Å². The number of likely N-dealkylation sites (N-methyl/N-ethyl adjacent to an activating group) is 1. The van der Waals surface area contributed by atoms with Crippen LogP contribution in [0.25, 0.3) is 0 Å². The fourth-order valence-corrected chi connectivity index (χ4v) is 8.07. The SMILES string of the molecule is CC(C)CC(NC(=O)C(CCc1ccccc1)NC(=O)Cc1csc(CN2CCN(C)CC2)n1)C(=O)NC(Cc1ccccc1)C(=O)NC(CC(C)C)C(=O)C1(C)CO1. The molecule has 14 heteroatoms. The summed E-state index contributed by atoms with van der Waals surface area (Å²) in [7, 11) is 2.12. The molecule has 0 aliphatic carbocycles. The van der Waals surface area contributed by atoms with E-state index in [-0.39, 0.29) is 42.8 Å². The predicted octanol–water partition coefficient (Wildman–Crippen LogP) is 3.70. The van der Waals surface area contributed by atoms with Gasteiger partial charge in [0, 0.05) is 38.0 Å². The zero-order chi connectivity index (χ0) is 42.5. The fraction of sp³-hybridized carbons (Fsp3) is 0.556. The fourth-order valence-electron chi connectivity index (χ4n) is 7.24. The first kappa shape index (κ1) is 45.6. The van der Waals surface area contributed by atoms with E-state index in [1.54, 1.807) is 6.92 Å². The Kier molecular flexibility index (Phi) is 16.7. The molecule has 59 heavy (non-hydrogen) atoms. The Bertz CT molecular complexity index is 1840. The van der Waals surface area contributed by atoms with Crippen molar-refractivity contribution in [3.63, 3.8) is 0 Å². The molecule has 5 unspecified atom stereocenters. The summed E-state index contributed by atoms with van der Waals surface area (Å²) in [4.78, 5) is 78.8. The minimum Gasteiger partial charge on any atom is -0.361 e. The molecule has 1 aromatic heterocycles. The van der Waals surface area contributed by atoms with Crippen molar-refractivity contribution >= 4 is 40.7 Å². The lowest BCUT2D eigenvalue weighted by molar-refractivity contribution is -0.135. The standard InChI is InChI=1S/C45H63N7O6S/c1-30(2)23-36(41(54)45(5)29-58-45)48-44(57)38(25-33-15-11-8-12-16-33)50-43(56)37(24-31(3)4)49-42(55)35(18-17-32-13-9-7-10-14-32)47-39(53)26-34-28-59-40(46-34)27-52-21-19-51(6)20-22-52/h7-16,28,30-31,35-38H,17-27,29H2,1-6H3,(H,47,53)(H,48,57)(H,49,55)(H,50,56). The number of aromatic nitrogens is 1. The van der Waals surface area contributed by atoms with Crippen LogP contribution in [0.3, 0.4) is 0 Å². The lowest BCUT2D eigenvalue weighted by Crippen LogP contribution is -2.59. The average Bonchev–Trinajstić information content (AvgIpc) is 3.81. The van der Waals surface area contributed by atoms with Gasteiger partial charge in [-0.2, -0.15) is 0 Å². The molecule has 2 aliphatic heterocycles. The molecule has 4 N–H and O–H groups in total. The summed E-state index contributed by atoms with van der Waals surface area (Å²) in [5.41, 5.74) is 1.54. The van der Waals surface area contributed by atoms with Crippen LogP contribution in [-0.4, -0.2) is 114 Å². The van der Waals surface area contributed by atoms with Crippen LogP contribution in [0.4, 0.5) is 0 Å². The first-order chi connectivity index (χ1) is 28.2. The number of thiazole rings is 1. The maximum absolute atomic E-state index is 14.2. The quantitative estimate of drug-likeness (QED) is 0.111. The number of epoxide rings is 1. The van der Waals surface area contributed by atoms with Crippen LogP contribution in [0.5, 0.6) is 0 Å². The van der Waals surface area contributed by atoms with Gasteiger partial charge in [-0.25, -0.2) is 4.98 Å². The topological polar surface area (TPSA) is 165 Å². The monoisotopic (exact) mass is 829 g/mol. The summed E-state index contributed by atoms with van der Waals surface area (Å²) in [6.07, 6.45) is 1.71. The highest BCUT2D eigenvalue weighted by molar-refractivity contribution is 7.09. The second-order valence-electron chi connectivity index (χ2n) is 17.1. The lowest BCUT2D eigenvalue weighted by Gasteiger charge is -2.31. The Hall–Kier alpha value is -4.50. The summed E-state index contributed by atoms with van der Waals surface area (Å²) >= 11 is 1.53. The van der Waals surface area contributed by atoms with Gasteiger partial charge in [0.15, 0.2) is 5.78 Å². The number of piperazine rings is 1. The van der Waals surface area contributed by atoms with Crippen molar-refractivity contribution in [2.75, 3.05) is 39.8 Å². The van der Waals surface area contributed by atoms with Gasteiger partial charge in [0.2, 0.25) is 23.6 Å². The van der Waals surface area contributed by atoms with Gasteiger partial charge in [-0.1, -0.05) is 88.4 Å². The van der Waals surface area contributed by atoms with Gasteiger partial charge < -0.3 is 30.9 Å². The highest BCUT2D eigenvalue weighted by Crippen LogP contribution is 2.30. The minimum atomic E-state index is -1.04. The largest absolute Gasteiger partial charge is 0.361 e. The highest BCUT2D eigenvalue weighted by atomic mass is 32.1. The molecule has 3 aromatic rings. The van der Waals surface area contributed by atoms with E-state index in [9.17, 15) is 24.0 Å². The number of hydrogen-bond donors (Lipinski definition) is 4. The average molecular weight is 830 g/mol. The van der Waals surface area contributed by atoms with Crippen LogP contribution < -0.4 is 21.3 Å². The molecular weight excluding hydrogens is 767 g/mol. The van der Waals surface area contributed by atoms with Crippen molar-refractivity contribution in [1.82, 2.24) is 36.1 Å². The van der Waals surface area contributed by atoms with E-state index >= 15 is 0 Å². The summed E-state index contributed by atoms with van der Waals surface area (Å²) in [5.74, 6) is -1.94. The maximum Gasteiger partial charge on any atom is 0.243 e. The van der Waals surface area contributed by atoms with Crippen LogP contribution >= 0.6 is 11.3 Å². The van der Waals surface area contributed by atoms with E-state index in [2.05, 4.69) is 38.1 Å². The summed E-state index contributed by atoms with van der Waals surface area (Å²) in [6, 6.07) is 15.3. The molecule has 13 nitrogen and oxygen atoms in total. The van der Waals surface area contributed by atoms with Gasteiger partial charge in [0.25, 0.3) is 0 Å². The number of ether oxygens (including phenoxy) is 1. The number of nitrogens with zero attached hydrogens (tertiary/aromatic N) is 3. The number of carbonyl (C=O) groups is 5. The van der Waals surface area contributed by atoms with Gasteiger partial charge in [0.1, 0.15) is 28.7 Å². The van der Waals surface area contributed by atoms with Gasteiger partial charge >= 0.3 is 0 Å². The molecule has 3 heterocycles. The molecule has 2 fully saturated rings. The van der Waals surface area contributed by atoms with Gasteiger partial charge in [0.05, 0.1) is 31.3 Å². The highest BCUT2D eigenvalue weighted by Gasteiger charge is 2.50.